The first-order valence-electron chi connectivity index (χ1n) is 4.08. The lowest BCUT2D eigenvalue weighted by Crippen LogP contribution is -1.94. The highest BCUT2D eigenvalue weighted by Crippen LogP contribution is 2.29. The van der Waals surface area contributed by atoms with Crippen LogP contribution in [-0.2, 0) is 0 Å². The fourth-order valence-corrected chi connectivity index (χ4v) is 1.89. The molecule has 13 heavy (non-hydrogen) atoms. The third kappa shape index (κ3) is 2.86. The van der Waals surface area contributed by atoms with Crippen LogP contribution in [0.3, 0.4) is 0 Å². The van der Waals surface area contributed by atoms with Gasteiger partial charge in [0.1, 0.15) is 5.75 Å². The maximum Gasteiger partial charge on any atom is 0.129 e. The number of aliphatic hydroxyl groups is 1. The van der Waals surface area contributed by atoms with Gasteiger partial charge in [-0.2, -0.15) is 0 Å². The average molecular weight is 198 g/mol. The highest BCUT2D eigenvalue weighted by atomic mass is 32.1. The molecule has 0 saturated heterocycles. The molecule has 0 aliphatic heterocycles. The summed E-state index contributed by atoms with van der Waals surface area (Å²) in [5, 5.41) is 11.6. The van der Waals surface area contributed by atoms with Gasteiger partial charge in [0.05, 0.1) is 13.2 Å². The normalized spacial score (nSPS) is 12.5. The summed E-state index contributed by atoms with van der Waals surface area (Å²) in [6.07, 6.45) is 0.176. The van der Waals surface area contributed by atoms with Gasteiger partial charge in [-0.1, -0.05) is 5.57 Å². The standard InChI is InChI=1S/C10H14O2S/c1-7(2)4-9(11)10-5-8(12-3)6-13-10/h5-6,9,11H,1,4H2,2-3H3. The lowest BCUT2D eigenvalue weighted by Gasteiger charge is -2.06. The summed E-state index contributed by atoms with van der Waals surface area (Å²) in [4.78, 5) is 0.930. The molecule has 0 fully saturated rings. The van der Waals surface area contributed by atoms with Crippen molar-refractivity contribution in [3.8, 4) is 5.75 Å². The summed E-state index contributed by atoms with van der Waals surface area (Å²) in [6.45, 7) is 5.67. The van der Waals surface area contributed by atoms with Crippen LogP contribution in [0.5, 0.6) is 5.75 Å². The minimum Gasteiger partial charge on any atom is -0.496 e. The quantitative estimate of drug-likeness (QED) is 0.754. The van der Waals surface area contributed by atoms with Crippen LogP contribution in [0.1, 0.15) is 24.3 Å². The second-order valence-electron chi connectivity index (χ2n) is 3.07. The van der Waals surface area contributed by atoms with Gasteiger partial charge in [0.15, 0.2) is 0 Å². The minimum atomic E-state index is -0.439. The molecule has 1 aromatic heterocycles. The summed E-state index contributed by atoms with van der Waals surface area (Å²) in [5.74, 6) is 0.806. The summed E-state index contributed by atoms with van der Waals surface area (Å²) >= 11 is 1.51. The molecule has 0 radical (unpaired) electrons. The van der Waals surface area contributed by atoms with Crippen molar-refractivity contribution in [2.24, 2.45) is 0 Å². The summed E-state index contributed by atoms with van der Waals surface area (Å²) in [5.41, 5.74) is 0.986. The third-order valence-corrected chi connectivity index (χ3v) is 2.71. The van der Waals surface area contributed by atoms with E-state index in [1.165, 1.54) is 11.3 Å². The van der Waals surface area contributed by atoms with Crippen LogP contribution < -0.4 is 4.74 Å². The molecule has 2 nitrogen and oxygen atoms in total. The number of thiophene rings is 1. The van der Waals surface area contributed by atoms with Crippen LogP contribution >= 0.6 is 11.3 Å². The zero-order chi connectivity index (χ0) is 9.84. The second-order valence-corrected chi connectivity index (χ2v) is 4.01. The van der Waals surface area contributed by atoms with Gasteiger partial charge < -0.3 is 9.84 Å². The largest absolute Gasteiger partial charge is 0.496 e. The van der Waals surface area contributed by atoms with Crippen LogP contribution in [0, 0.1) is 0 Å². The average Bonchev–Trinajstić information content (AvgIpc) is 2.50. The molecule has 0 aromatic carbocycles. The van der Waals surface area contributed by atoms with Crippen molar-refractivity contribution in [2.45, 2.75) is 19.4 Å². The molecule has 0 aliphatic carbocycles. The fraction of sp³-hybridized carbons (Fsp3) is 0.400. The molecule has 72 valence electrons. The Morgan fingerprint density at radius 2 is 2.46 bits per heavy atom. The molecule has 1 heterocycles. The van der Waals surface area contributed by atoms with E-state index in [-0.39, 0.29) is 0 Å². The van der Waals surface area contributed by atoms with Crippen molar-refractivity contribution < 1.29 is 9.84 Å². The van der Waals surface area contributed by atoms with Gasteiger partial charge in [-0.25, -0.2) is 0 Å². The lowest BCUT2D eigenvalue weighted by molar-refractivity contribution is 0.182. The zero-order valence-corrected chi connectivity index (χ0v) is 8.73. The van der Waals surface area contributed by atoms with E-state index in [1.807, 2.05) is 18.4 Å². The Bertz CT molecular complexity index is 291. The Labute approximate surface area is 82.5 Å². The predicted molar refractivity (Wildman–Crippen MR) is 55.3 cm³/mol. The van der Waals surface area contributed by atoms with E-state index in [9.17, 15) is 5.11 Å². The molecule has 1 unspecified atom stereocenters. The molecule has 1 rings (SSSR count). The van der Waals surface area contributed by atoms with Gasteiger partial charge in [0.25, 0.3) is 0 Å². The molecule has 0 spiro atoms. The van der Waals surface area contributed by atoms with Gasteiger partial charge in [-0.15, -0.1) is 17.9 Å². The van der Waals surface area contributed by atoms with Gasteiger partial charge >= 0.3 is 0 Å². The smallest absolute Gasteiger partial charge is 0.129 e. The van der Waals surface area contributed by atoms with Gasteiger partial charge in [-0.05, 0) is 19.4 Å². The van der Waals surface area contributed by atoms with Crippen molar-refractivity contribution >= 4 is 11.3 Å². The van der Waals surface area contributed by atoms with Gasteiger partial charge in [0, 0.05) is 10.3 Å². The number of hydrogen-bond acceptors (Lipinski definition) is 3. The Kier molecular flexibility index (Phi) is 3.51. The van der Waals surface area contributed by atoms with Crippen molar-refractivity contribution in [3.63, 3.8) is 0 Å². The molecule has 0 aliphatic rings. The molecule has 1 aromatic rings. The molecule has 1 atom stereocenters. The predicted octanol–water partition coefficient (Wildman–Crippen LogP) is 2.76. The molecular formula is C10H14O2S. The first-order chi connectivity index (χ1) is 6.13. The Hall–Kier alpha value is -0.800. The van der Waals surface area contributed by atoms with Crippen LogP contribution in [0.2, 0.25) is 0 Å². The highest BCUT2D eigenvalue weighted by Gasteiger charge is 2.10. The van der Waals surface area contributed by atoms with Crippen LogP contribution in [0.15, 0.2) is 23.6 Å². The van der Waals surface area contributed by atoms with Crippen LogP contribution in [0.25, 0.3) is 0 Å². The second kappa shape index (κ2) is 4.44. The molecule has 0 amide bonds. The summed E-state index contributed by atoms with van der Waals surface area (Å²) in [7, 11) is 1.62. The summed E-state index contributed by atoms with van der Waals surface area (Å²) < 4.78 is 5.03. The van der Waals surface area contributed by atoms with E-state index in [0.717, 1.165) is 16.2 Å². The highest BCUT2D eigenvalue weighted by molar-refractivity contribution is 7.10. The maximum absolute atomic E-state index is 9.69. The van der Waals surface area contributed by atoms with Crippen molar-refractivity contribution in [3.05, 3.63) is 28.5 Å². The Balaban J connectivity index is 2.65. The Morgan fingerprint density at radius 1 is 1.77 bits per heavy atom. The molecule has 3 heteroatoms. The van der Waals surface area contributed by atoms with E-state index in [0.29, 0.717) is 6.42 Å². The topological polar surface area (TPSA) is 29.5 Å². The number of rotatable bonds is 4. The van der Waals surface area contributed by atoms with Gasteiger partial charge in [-0.3, -0.25) is 0 Å². The molecular weight excluding hydrogens is 184 g/mol. The van der Waals surface area contributed by atoms with E-state index in [2.05, 4.69) is 6.58 Å². The number of methoxy groups -OCH3 is 1. The fourth-order valence-electron chi connectivity index (χ4n) is 1.05. The van der Waals surface area contributed by atoms with Crippen molar-refractivity contribution in [1.82, 2.24) is 0 Å². The van der Waals surface area contributed by atoms with Crippen LogP contribution in [0.4, 0.5) is 0 Å². The van der Waals surface area contributed by atoms with E-state index >= 15 is 0 Å². The van der Waals surface area contributed by atoms with E-state index in [4.69, 9.17) is 4.74 Å². The SMILES string of the molecule is C=C(C)CC(O)c1cc(OC)cs1. The zero-order valence-electron chi connectivity index (χ0n) is 7.91. The summed E-state index contributed by atoms with van der Waals surface area (Å²) in [6, 6.07) is 1.86. The Morgan fingerprint density at radius 3 is 2.92 bits per heavy atom. The third-order valence-electron chi connectivity index (χ3n) is 1.70. The first kappa shape index (κ1) is 10.3. The van der Waals surface area contributed by atoms with E-state index < -0.39 is 6.10 Å². The molecule has 0 bridgehead atoms. The maximum atomic E-state index is 9.69. The lowest BCUT2D eigenvalue weighted by atomic mass is 10.1. The minimum absolute atomic E-state index is 0.439. The van der Waals surface area contributed by atoms with Crippen LogP contribution in [-0.4, -0.2) is 12.2 Å². The van der Waals surface area contributed by atoms with E-state index in [1.54, 1.807) is 7.11 Å². The van der Waals surface area contributed by atoms with Gasteiger partial charge in [0.2, 0.25) is 0 Å². The number of hydrogen-bond donors (Lipinski definition) is 1. The molecule has 0 saturated carbocycles. The first-order valence-corrected chi connectivity index (χ1v) is 4.96. The van der Waals surface area contributed by atoms with Crippen molar-refractivity contribution in [2.75, 3.05) is 7.11 Å². The number of ether oxygens (including phenoxy) is 1. The number of aliphatic hydroxyl groups excluding tert-OH is 1. The van der Waals surface area contributed by atoms with Crippen molar-refractivity contribution in [1.29, 1.82) is 0 Å². The monoisotopic (exact) mass is 198 g/mol. The molecule has 1 N–H and O–H groups in total.